The molecule has 0 N–H and O–H groups in total. The largest absolute Gasteiger partial charge is 0.310 e. The van der Waals surface area contributed by atoms with Gasteiger partial charge < -0.3 is 9.80 Å². The van der Waals surface area contributed by atoms with Crippen molar-refractivity contribution in [2.75, 3.05) is 9.80 Å². The maximum atomic E-state index is 4.74. The van der Waals surface area contributed by atoms with Gasteiger partial charge in [0, 0.05) is 74.5 Å². The molecule has 0 bridgehead atoms. The molecule has 10 aromatic carbocycles. The van der Waals surface area contributed by atoms with E-state index in [1.54, 1.807) is 9.59 Å². The van der Waals surface area contributed by atoms with Crippen molar-refractivity contribution in [3.05, 3.63) is 231 Å². The molecule has 0 atom stereocenters. The zero-order chi connectivity index (χ0) is 46.1. The Balaban J connectivity index is 0.817. The molecule has 4 heterocycles. The van der Waals surface area contributed by atoms with Crippen molar-refractivity contribution in [2.45, 2.75) is 0 Å². The molecule has 330 valence electrons. The summed E-state index contributed by atoms with van der Waals surface area (Å²) in [5.74, 6) is 0. The fourth-order valence-electron chi connectivity index (χ4n) is 9.63. The quantitative estimate of drug-likeness (QED) is 0.144. The third kappa shape index (κ3) is 6.96. The Bertz CT molecular complexity index is 3900. The second-order valence-corrected chi connectivity index (χ2v) is 19.5. The van der Waals surface area contributed by atoms with E-state index in [0.717, 1.165) is 78.7 Å². The van der Waals surface area contributed by atoms with Crippen molar-refractivity contribution < 1.29 is 0 Å². The van der Waals surface area contributed by atoms with Gasteiger partial charge in [0.2, 0.25) is 0 Å². The molecule has 0 saturated heterocycles. The Morgan fingerprint density at radius 1 is 0.271 bits per heavy atom. The summed E-state index contributed by atoms with van der Waals surface area (Å²) in [6.45, 7) is 0. The van der Waals surface area contributed by atoms with Crippen molar-refractivity contribution in [1.82, 2.24) is 30.0 Å². The van der Waals surface area contributed by atoms with E-state index in [-0.39, 0.29) is 0 Å². The van der Waals surface area contributed by atoms with Crippen LogP contribution in [0.4, 0.5) is 34.1 Å². The maximum absolute atomic E-state index is 4.74. The first-order valence-corrected chi connectivity index (χ1v) is 24.8. The first kappa shape index (κ1) is 40.1. The molecule has 14 rings (SSSR count). The van der Waals surface area contributed by atoms with Gasteiger partial charge in [0.15, 0.2) is 0 Å². The number of nitrogens with zero attached hydrogens (tertiary/aromatic N) is 8. The molecule has 0 aliphatic carbocycles. The Kier molecular flexibility index (Phi) is 9.39. The van der Waals surface area contributed by atoms with Gasteiger partial charge >= 0.3 is 0 Å². The van der Waals surface area contributed by atoms with Crippen LogP contribution >= 0.6 is 22.7 Å². The molecule has 0 spiro atoms. The van der Waals surface area contributed by atoms with Crippen LogP contribution in [0.5, 0.6) is 0 Å². The smallest absolute Gasteiger partial charge is 0.113 e. The molecule has 0 saturated carbocycles. The third-order valence-corrected chi connectivity index (χ3v) is 15.4. The predicted molar refractivity (Wildman–Crippen MR) is 292 cm³/mol. The summed E-state index contributed by atoms with van der Waals surface area (Å²) >= 11 is 3.66. The lowest BCUT2D eigenvalue weighted by Crippen LogP contribution is -2.10. The summed E-state index contributed by atoms with van der Waals surface area (Å²) in [5.41, 5.74) is 13.9. The number of aromatic nitrogens is 6. The number of benzene rings is 10. The summed E-state index contributed by atoms with van der Waals surface area (Å²) in [4.78, 5) is 8.08. The first-order chi connectivity index (χ1) is 34.6. The number of rotatable bonds is 9. The molecule has 8 nitrogen and oxygen atoms in total. The Labute approximate surface area is 409 Å². The summed E-state index contributed by atoms with van der Waals surface area (Å²) in [5, 5.41) is 24.0. The van der Waals surface area contributed by atoms with Gasteiger partial charge in [0.1, 0.15) is 22.1 Å². The average molecular weight is 935 g/mol. The zero-order valence-corrected chi connectivity index (χ0v) is 39.0. The van der Waals surface area contributed by atoms with Crippen LogP contribution in [0.25, 0.3) is 84.9 Å². The van der Waals surface area contributed by atoms with Crippen molar-refractivity contribution in [2.24, 2.45) is 0 Å². The van der Waals surface area contributed by atoms with E-state index in [2.05, 4.69) is 192 Å². The van der Waals surface area contributed by atoms with Crippen molar-refractivity contribution in [3.63, 3.8) is 0 Å². The summed E-state index contributed by atoms with van der Waals surface area (Å²) < 4.78 is 5.12. The zero-order valence-electron chi connectivity index (χ0n) is 37.3. The fraction of sp³-hybridized carbons (Fsp3) is 0. The normalized spacial score (nSPS) is 11.7. The monoisotopic (exact) mass is 934 g/mol. The van der Waals surface area contributed by atoms with Crippen LogP contribution in [-0.4, -0.2) is 30.0 Å². The van der Waals surface area contributed by atoms with E-state index in [1.807, 2.05) is 71.2 Å². The highest BCUT2D eigenvalue weighted by Crippen LogP contribution is 2.43. The maximum Gasteiger partial charge on any atom is 0.113 e. The molecule has 0 unspecified atom stereocenters. The number of anilines is 6. The lowest BCUT2D eigenvalue weighted by Gasteiger charge is -2.26. The van der Waals surface area contributed by atoms with Crippen LogP contribution in [0.15, 0.2) is 231 Å². The Hall–Kier alpha value is -8.96. The molecule has 14 aromatic rings. The number of hydrogen-bond donors (Lipinski definition) is 0. The van der Waals surface area contributed by atoms with Crippen LogP contribution in [0.2, 0.25) is 0 Å². The summed E-state index contributed by atoms with van der Waals surface area (Å²) in [6.07, 6.45) is 0. The first-order valence-electron chi connectivity index (χ1n) is 23.1. The van der Waals surface area contributed by atoms with E-state index in [9.17, 15) is 0 Å². The van der Waals surface area contributed by atoms with Crippen molar-refractivity contribution >= 4 is 119 Å². The number of fused-ring (bicyclic) bond motifs is 8. The van der Waals surface area contributed by atoms with Gasteiger partial charge in [0.05, 0.1) is 11.4 Å². The van der Waals surface area contributed by atoms with Gasteiger partial charge in [-0.25, -0.2) is 0 Å². The second kappa shape index (κ2) is 16.4. The molecule has 0 aliphatic heterocycles. The van der Waals surface area contributed by atoms with E-state index in [4.69, 9.17) is 20.4 Å². The topological polar surface area (TPSA) is 67.9 Å². The molecular formula is C60H38N8S2. The van der Waals surface area contributed by atoms with E-state index in [1.165, 1.54) is 40.3 Å². The molecule has 0 aliphatic rings. The molecular weight excluding hydrogens is 897 g/mol. The van der Waals surface area contributed by atoms with Gasteiger partial charge in [-0.15, -0.1) is 43.1 Å². The minimum atomic E-state index is 0.866. The van der Waals surface area contributed by atoms with Crippen LogP contribution in [-0.2, 0) is 0 Å². The molecule has 10 heteroatoms. The highest BCUT2D eigenvalue weighted by molar-refractivity contribution is 7.26. The van der Waals surface area contributed by atoms with Gasteiger partial charge in [-0.1, -0.05) is 84.9 Å². The SMILES string of the molecule is c1ccc2nn(-c3ccc(N(c4ccc(-c5ccc(N(c6ccc(-n7nc8ccccc8n7)cc6)c6ccc7sc8ccccc8c7c6)cc5)cc4)c4ccc5sc6ccccc6c5c4)cc3)nc2c1. The van der Waals surface area contributed by atoms with Gasteiger partial charge in [-0.2, -0.15) is 9.59 Å². The molecule has 0 amide bonds. The Morgan fingerprint density at radius 3 is 0.943 bits per heavy atom. The standard InChI is InChI=1S/C60H38N8S2/c1-7-15-57-49(9-1)51-37-47(33-35-59(51)69-57)65(43-25-29-45(30-26-43)67-61-53-11-3-4-12-54(53)62-67)41-21-17-39(18-22-41)40-19-23-42(24-20-40)66(48-34-36-60-52(38-48)50-10-2-8-16-58(50)70-60)44-27-31-46(32-28-44)68-63-55-13-5-6-14-56(55)64-68/h1-38H. The van der Waals surface area contributed by atoms with Crippen molar-refractivity contribution in [3.8, 4) is 22.5 Å². The van der Waals surface area contributed by atoms with Crippen LogP contribution in [0.1, 0.15) is 0 Å². The van der Waals surface area contributed by atoms with Gasteiger partial charge in [-0.3, -0.25) is 0 Å². The third-order valence-electron chi connectivity index (χ3n) is 13.1. The average Bonchev–Trinajstić information content (AvgIpc) is 4.23. The Morgan fingerprint density at radius 2 is 0.571 bits per heavy atom. The lowest BCUT2D eigenvalue weighted by molar-refractivity contribution is 0.765. The number of thiophene rings is 2. The highest BCUT2D eigenvalue weighted by Gasteiger charge is 2.19. The molecule has 0 radical (unpaired) electrons. The second-order valence-electron chi connectivity index (χ2n) is 17.3. The van der Waals surface area contributed by atoms with Crippen LogP contribution in [0.3, 0.4) is 0 Å². The van der Waals surface area contributed by atoms with Gasteiger partial charge in [-0.05, 0) is 157 Å². The highest BCUT2D eigenvalue weighted by atomic mass is 32.1. The minimum Gasteiger partial charge on any atom is -0.310 e. The van der Waals surface area contributed by atoms with E-state index in [0.29, 0.717) is 0 Å². The fourth-order valence-corrected chi connectivity index (χ4v) is 11.8. The van der Waals surface area contributed by atoms with E-state index < -0.39 is 0 Å². The summed E-state index contributed by atoms with van der Waals surface area (Å²) in [7, 11) is 0. The van der Waals surface area contributed by atoms with Crippen LogP contribution < -0.4 is 9.80 Å². The summed E-state index contributed by atoms with van der Waals surface area (Å²) in [6, 6.07) is 81.6. The lowest BCUT2D eigenvalue weighted by atomic mass is 10.0. The predicted octanol–water partition coefficient (Wildman–Crippen LogP) is 16.5. The van der Waals surface area contributed by atoms with E-state index >= 15 is 0 Å². The molecule has 70 heavy (non-hydrogen) atoms. The van der Waals surface area contributed by atoms with Crippen LogP contribution in [0, 0.1) is 0 Å². The van der Waals surface area contributed by atoms with Crippen molar-refractivity contribution in [1.29, 1.82) is 0 Å². The van der Waals surface area contributed by atoms with Gasteiger partial charge in [0.25, 0.3) is 0 Å². The molecule has 4 aromatic heterocycles. The number of hydrogen-bond acceptors (Lipinski definition) is 8. The molecule has 0 fully saturated rings. The minimum absolute atomic E-state index is 0.866.